The van der Waals surface area contributed by atoms with Gasteiger partial charge in [-0.25, -0.2) is 0 Å². The molecule has 22 heavy (non-hydrogen) atoms. The summed E-state index contributed by atoms with van der Waals surface area (Å²) in [7, 11) is 0. The molecular weight excluding hydrogens is 264 g/mol. The average molecular weight is 303 g/mol. The van der Waals surface area contributed by atoms with E-state index in [2.05, 4.69) is 60.6 Å². The van der Waals surface area contributed by atoms with Crippen molar-refractivity contribution in [3.63, 3.8) is 0 Å². The van der Waals surface area contributed by atoms with Gasteiger partial charge in [-0.05, 0) is 77.9 Å². The lowest BCUT2D eigenvalue weighted by atomic mass is 9.72. The van der Waals surface area contributed by atoms with Crippen LogP contribution < -0.4 is 0 Å². The Hall–Kier alpha value is -0.260. The molecule has 0 aromatic carbocycles. The van der Waals surface area contributed by atoms with Gasteiger partial charge >= 0.3 is 0 Å². The summed E-state index contributed by atoms with van der Waals surface area (Å²) in [6.07, 6.45) is 8.30. The van der Waals surface area contributed by atoms with Crippen molar-refractivity contribution in [3.8, 4) is 0 Å². The maximum absolute atomic E-state index is 2.66. The largest absolute Gasteiger partial charge is 0.0846 e. The van der Waals surface area contributed by atoms with Crippen LogP contribution in [0.3, 0.4) is 0 Å². The lowest BCUT2D eigenvalue weighted by Crippen LogP contribution is -2.26. The zero-order valence-corrected chi connectivity index (χ0v) is 15.9. The van der Waals surface area contributed by atoms with E-state index >= 15 is 0 Å². The maximum Gasteiger partial charge on any atom is -0.0168 e. The van der Waals surface area contributed by atoms with Crippen LogP contribution in [0.25, 0.3) is 0 Å². The van der Waals surface area contributed by atoms with E-state index in [1.807, 2.05) is 0 Å². The fourth-order valence-electron chi connectivity index (χ4n) is 5.51. The van der Waals surface area contributed by atoms with Crippen LogP contribution in [0, 0.1) is 65.1 Å². The molecule has 0 aromatic heterocycles. The van der Waals surface area contributed by atoms with E-state index < -0.39 is 0 Å². The van der Waals surface area contributed by atoms with Gasteiger partial charge in [-0.15, -0.1) is 0 Å². The Labute approximate surface area is 139 Å². The summed E-state index contributed by atoms with van der Waals surface area (Å²) in [6, 6.07) is 0. The highest BCUT2D eigenvalue weighted by Crippen LogP contribution is 2.68. The molecule has 3 saturated carbocycles. The van der Waals surface area contributed by atoms with Gasteiger partial charge in [-0.1, -0.05) is 60.6 Å². The molecule has 0 amide bonds. The van der Waals surface area contributed by atoms with Gasteiger partial charge in [0.2, 0.25) is 0 Å². The molecule has 3 aliphatic carbocycles. The molecule has 0 bridgehead atoms. The second-order valence-electron chi connectivity index (χ2n) is 9.83. The SMILES string of the molecule is CC(C)C(C)C1CC2C(C=CC(C(C)C)C3CC3C(C)C)C12. The van der Waals surface area contributed by atoms with Crippen molar-refractivity contribution < 1.29 is 0 Å². The van der Waals surface area contributed by atoms with Crippen LogP contribution in [0.2, 0.25) is 0 Å². The lowest BCUT2D eigenvalue weighted by Gasteiger charge is -2.33. The van der Waals surface area contributed by atoms with E-state index in [1.54, 1.807) is 0 Å². The lowest BCUT2D eigenvalue weighted by molar-refractivity contribution is 0.158. The van der Waals surface area contributed by atoms with Crippen LogP contribution in [-0.2, 0) is 0 Å². The van der Waals surface area contributed by atoms with E-state index in [-0.39, 0.29) is 0 Å². The number of hydrogen-bond acceptors (Lipinski definition) is 0. The second-order valence-corrected chi connectivity index (χ2v) is 9.83. The van der Waals surface area contributed by atoms with E-state index in [4.69, 9.17) is 0 Å². The van der Waals surface area contributed by atoms with Crippen molar-refractivity contribution in [1.29, 1.82) is 0 Å². The summed E-state index contributed by atoms with van der Waals surface area (Å²) >= 11 is 0. The summed E-state index contributed by atoms with van der Waals surface area (Å²) in [5.74, 6) is 10.4. The minimum absolute atomic E-state index is 0.812. The van der Waals surface area contributed by atoms with Crippen molar-refractivity contribution in [2.24, 2.45) is 65.1 Å². The maximum atomic E-state index is 2.66. The first-order valence-electron chi connectivity index (χ1n) is 10.0. The van der Waals surface area contributed by atoms with Crippen LogP contribution in [0.15, 0.2) is 12.2 Å². The first kappa shape index (κ1) is 16.6. The molecule has 0 nitrogen and oxygen atoms in total. The predicted molar refractivity (Wildman–Crippen MR) is 96.5 cm³/mol. The first-order valence-corrected chi connectivity index (χ1v) is 10.0. The molecule has 8 unspecified atom stereocenters. The van der Waals surface area contributed by atoms with Crippen LogP contribution in [0.1, 0.15) is 61.3 Å². The number of rotatable bonds is 7. The highest BCUT2D eigenvalue weighted by atomic mass is 14.7. The molecule has 3 aliphatic rings. The molecule has 0 heteroatoms. The molecule has 3 rings (SSSR count). The van der Waals surface area contributed by atoms with E-state index in [1.165, 1.54) is 12.8 Å². The van der Waals surface area contributed by atoms with Gasteiger partial charge < -0.3 is 0 Å². The minimum atomic E-state index is 0.812. The van der Waals surface area contributed by atoms with Gasteiger partial charge in [0.25, 0.3) is 0 Å². The summed E-state index contributed by atoms with van der Waals surface area (Å²) in [6.45, 7) is 17.0. The zero-order chi connectivity index (χ0) is 16.2. The zero-order valence-electron chi connectivity index (χ0n) is 15.9. The van der Waals surface area contributed by atoms with E-state index in [0.717, 1.165) is 65.1 Å². The molecular formula is C22H38. The molecule has 126 valence electrons. The first-order chi connectivity index (χ1) is 10.3. The Balaban J connectivity index is 1.54. The molecule has 0 spiro atoms. The van der Waals surface area contributed by atoms with Gasteiger partial charge in [0.15, 0.2) is 0 Å². The van der Waals surface area contributed by atoms with E-state index in [9.17, 15) is 0 Å². The number of hydrogen-bond donors (Lipinski definition) is 0. The van der Waals surface area contributed by atoms with Gasteiger partial charge in [-0.2, -0.15) is 0 Å². The van der Waals surface area contributed by atoms with Crippen molar-refractivity contribution in [2.45, 2.75) is 61.3 Å². The molecule has 0 saturated heterocycles. The monoisotopic (exact) mass is 302 g/mol. The fraction of sp³-hybridized carbons (Fsp3) is 0.909. The average Bonchev–Trinajstić information content (AvgIpc) is 3.26. The molecule has 8 atom stereocenters. The molecule has 3 fully saturated rings. The molecule has 0 radical (unpaired) electrons. The Kier molecular flexibility index (Phi) is 4.52. The van der Waals surface area contributed by atoms with E-state index in [0.29, 0.717) is 0 Å². The van der Waals surface area contributed by atoms with Crippen LogP contribution in [-0.4, -0.2) is 0 Å². The topological polar surface area (TPSA) is 0 Å². The summed E-state index contributed by atoms with van der Waals surface area (Å²) in [5, 5.41) is 0. The predicted octanol–water partition coefficient (Wildman–Crippen LogP) is 6.28. The Bertz CT molecular complexity index is 416. The third kappa shape index (κ3) is 2.92. The summed E-state index contributed by atoms with van der Waals surface area (Å²) in [4.78, 5) is 0. The summed E-state index contributed by atoms with van der Waals surface area (Å²) < 4.78 is 0. The van der Waals surface area contributed by atoms with Crippen LogP contribution in [0.4, 0.5) is 0 Å². The molecule has 0 N–H and O–H groups in total. The quantitative estimate of drug-likeness (QED) is 0.485. The Morgan fingerprint density at radius 3 is 1.95 bits per heavy atom. The third-order valence-corrected chi connectivity index (χ3v) is 7.63. The second kappa shape index (κ2) is 5.99. The van der Waals surface area contributed by atoms with Gasteiger partial charge in [-0.3, -0.25) is 0 Å². The van der Waals surface area contributed by atoms with Crippen LogP contribution in [0.5, 0.6) is 0 Å². The van der Waals surface area contributed by atoms with Crippen molar-refractivity contribution in [2.75, 3.05) is 0 Å². The van der Waals surface area contributed by atoms with Gasteiger partial charge in [0.05, 0.1) is 0 Å². The molecule has 0 aromatic rings. The van der Waals surface area contributed by atoms with Crippen molar-refractivity contribution in [1.82, 2.24) is 0 Å². The minimum Gasteiger partial charge on any atom is -0.0846 e. The highest BCUT2D eigenvalue weighted by molar-refractivity contribution is 5.19. The van der Waals surface area contributed by atoms with Crippen molar-refractivity contribution in [3.05, 3.63) is 12.2 Å². The van der Waals surface area contributed by atoms with Crippen molar-refractivity contribution >= 4 is 0 Å². The highest BCUT2D eigenvalue weighted by Gasteiger charge is 2.62. The normalized spacial score (nSPS) is 42.6. The third-order valence-electron chi connectivity index (χ3n) is 7.63. The Morgan fingerprint density at radius 1 is 0.773 bits per heavy atom. The fourth-order valence-corrected chi connectivity index (χ4v) is 5.51. The Morgan fingerprint density at radius 2 is 1.45 bits per heavy atom. The molecule has 0 aliphatic heterocycles. The smallest absolute Gasteiger partial charge is 0.0168 e. The van der Waals surface area contributed by atoms with Gasteiger partial charge in [0, 0.05) is 0 Å². The number of fused-ring (bicyclic) bond motifs is 1. The number of allylic oxidation sites excluding steroid dienone is 2. The molecule has 0 heterocycles. The van der Waals surface area contributed by atoms with Gasteiger partial charge in [0.1, 0.15) is 0 Å². The van der Waals surface area contributed by atoms with Crippen LogP contribution >= 0.6 is 0 Å². The summed E-state index contributed by atoms with van der Waals surface area (Å²) in [5.41, 5.74) is 0. The standard InChI is InChI=1S/C22H38/c1-12(2)15(7)19-11-21-17(22(19)21)9-8-16(13(3)4)20-10-18(20)14(5)6/h8-9,12-22H,10-11H2,1-7H3.